The number of fused-ring (bicyclic) bond motifs is 1. The Morgan fingerprint density at radius 3 is 2.19 bits per heavy atom. The minimum Gasteiger partial charge on any atom is -0.316 e. The van der Waals surface area contributed by atoms with Crippen LogP contribution in [-0.4, -0.2) is 36.3 Å². The van der Waals surface area contributed by atoms with Crippen molar-refractivity contribution in [2.75, 3.05) is 19.6 Å². The number of hydrogen-bond acceptors (Lipinski definition) is 3. The zero-order valence-corrected chi connectivity index (χ0v) is 12.3. The molecule has 0 spiro atoms. The lowest BCUT2D eigenvalue weighted by Gasteiger charge is -2.23. The maximum Gasteiger partial charge on any atom is 0.261 e. The molecular formula is C17H20N2O2. The van der Waals surface area contributed by atoms with Crippen molar-refractivity contribution < 1.29 is 9.59 Å². The molecule has 0 aliphatic carbocycles. The normalized spacial score (nSPS) is 18.1. The van der Waals surface area contributed by atoms with Gasteiger partial charge in [0.15, 0.2) is 0 Å². The van der Waals surface area contributed by atoms with Gasteiger partial charge in [0, 0.05) is 0 Å². The summed E-state index contributed by atoms with van der Waals surface area (Å²) in [5.74, 6) is -0.313. The quantitative estimate of drug-likeness (QED) is 0.685. The van der Waals surface area contributed by atoms with Gasteiger partial charge in [-0.1, -0.05) is 30.2 Å². The van der Waals surface area contributed by atoms with Gasteiger partial charge in [-0.05, 0) is 44.5 Å². The highest BCUT2D eigenvalue weighted by atomic mass is 16.2. The predicted molar refractivity (Wildman–Crippen MR) is 81.2 cm³/mol. The molecule has 1 N–H and O–H groups in total. The lowest BCUT2D eigenvalue weighted by atomic mass is 9.97. The first-order chi connectivity index (χ1) is 10.2. The highest BCUT2D eigenvalue weighted by molar-refractivity contribution is 6.21. The van der Waals surface area contributed by atoms with Gasteiger partial charge in [-0.15, -0.1) is 0 Å². The zero-order valence-electron chi connectivity index (χ0n) is 12.3. The molecule has 2 heterocycles. The molecule has 0 bridgehead atoms. The van der Waals surface area contributed by atoms with Crippen molar-refractivity contribution in [2.24, 2.45) is 0 Å². The number of hydrogen-bond donors (Lipinski definition) is 1. The zero-order chi connectivity index (χ0) is 14.8. The Labute approximate surface area is 124 Å². The maximum absolute atomic E-state index is 12.4. The van der Waals surface area contributed by atoms with Crippen LogP contribution in [0.4, 0.5) is 0 Å². The molecule has 1 fully saturated rings. The number of nitrogens with zero attached hydrogens (tertiary/aromatic N) is 1. The van der Waals surface area contributed by atoms with E-state index in [0.717, 1.165) is 32.4 Å². The van der Waals surface area contributed by atoms with Crippen molar-refractivity contribution in [3.8, 4) is 0 Å². The third-order valence-corrected chi connectivity index (χ3v) is 4.36. The first-order valence-corrected chi connectivity index (χ1v) is 7.58. The summed E-state index contributed by atoms with van der Waals surface area (Å²) in [4.78, 5) is 26.2. The van der Waals surface area contributed by atoms with Gasteiger partial charge in [0.25, 0.3) is 11.8 Å². The molecular weight excluding hydrogens is 264 g/mol. The number of carbonyl (C=O) groups excluding carboxylic acids is 2. The Bertz CT molecular complexity index is 576. The highest BCUT2D eigenvalue weighted by Crippen LogP contribution is 2.26. The number of imide groups is 1. The van der Waals surface area contributed by atoms with E-state index in [0.29, 0.717) is 17.7 Å². The second kappa shape index (κ2) is 5.82. The first kappa shape index (κ1) is 14.0. The molecule has 1 saturated heterocycles. The number of rotatable bonds is 3. The van der Waals surface area contributed by atoms with Crippen molar-refractivity contribution in [1.29, 1.82) is 0 Å². The molecule has 2 aliphatic rings. The van der Waals surface area contributed by atoms with Gasteiger partial charge in [0.1, 0.15) is 0 Å². The van der Waals surface area contributed by atoms with Crippen LogP contribution in [-0.2, 0) is 0 Å². The highest BCUT2D eigenvalue weighted by Gasteiger charge is 2.35. The number of amides is 2. The fraction of sp³-hybridized carbons (Fsp3) is 0.412. The van der Waals surface area contributed by atoms with Crippen molar-refractivity contribution in [3.63, 3.8) is 0 Å². The Balaban J connectivity index is 1.85. The predicted octanol–water partition coefficient (Wildman–Crippen LogP) is 2.37. The molecule has 0 aromatic heterocycles. The molecule has 3 rings (SSSR count). The van der Waals surface area contributed by atoms with E-state index in [1.54, 1.807) is 24.3 Å². The first-order valence-electron chi connectivity index (χ1n) is 7.58. The van der Waals surface area contributed by atoms with E-state index in [2.05, 4.69) is 12.2 Å². The van der Waals surface area contributed by atoms with E-state index in [9.17, 15) is 9.59 Å². The van der Waals surface area contributed by atoms with Crippen LogP contribution in [0.15, 0.2) is 35.4 Å². The van der Waals surface area contributed by atoms with E-state index < -0.39 is 0 Å². The Morgan fingerprint density at radius 2 is 1.67 bits per heavy atom. The van der Waals surface area contributed by atoms with Crippen molar-refractivity contribution in [1.82, 2.24) is 10.2 Å². The molecule has 2 aliphatic heterocycles. The second-order valence-electron chi connectivity index (χ2n) is 5.55. The van der Waals surface area contributed by atoms with Crippen LogP contribution in [0.2, 0.25) is 0 Å². The van der Waals surface area contributed by atoms with Gasteiger partial charge < -0.3 is 5.32 Å². The minimum atomic E-state index is -0.156. The average Bonchev–Trinajstić information content (AvgIpc) is 2.78. The van der Waals surface area contributed by atoms with Gasteiger partial charge in [0.2, 0.25) is 0 Å². The molecule has 1 aromatic rings. The van der Waals surface area contributed by atoms with Crippen LogP contribution in [0.1, 0.15) is 46.9 Å². The van der Waals surface area contributed by atoms with Crippen LogP contribution in [0.25, 0.3) is 0 Å². The van der Waals surface area contributed by atoms with Crippen LogP contribution in [0.3, 0.4) is 0 Å². The van der Waals surface area contributed by atoms with Gasteiger partial charge >= 0.3 is 0 Å². The second-order valence-corrected chi connectivity index (χ2v) is 5.55. The average molecular weight is 284 g/mol. The van der Waals surface area contributed by atoms with Crippen LogP contribution in [0.5, 0.6) is 0 Å². The lowest BCUT2D eigenvalue weighted by Crippen LogP contribution is -2.33. The smallest absolute Gasteiger partial charge is 0.261 e. The summed E-state index contributed by atoms with van der Waals surface area (Å²) in [7, 11) is 0. The summed E-state index contributed by atoms with van der Waals surface area (Å²) in [5.41, 5.74) is 3.72. The van der Waals surface area contributed by atoms with Crippen LogP contribution < -0.4 is 5.32 Å². The molecule has 4 nitrogen and oxygen atoms in total. The summed E-state index contributed by atoms with van der Waals surface area (Å²) in [6.07, 6.45) is 2.93. The molecule has 21 heavy (non-hydrogen) atoms. The number of benzene rings is 1. The fourth-order valence-corrected chi connectivity index (χ4v) is 3.13. The van der Waals surface area contributed by atoms with Gasteiger partial charge in [-0.3, -0.25) is 14.5 Å². The van der Waals surface area contributed by atoms with E-state index in [4.69, 9.17) is 0 Å². The largest absolute Gasteiger partial charge is 0.316 e. The lowest BCUT2D eigenvalue weighted by molar-refractivity contribution is 0.0666. The maximum atomic E-state index is 12.4. The summed E-state index contributed by atoms with van der Waals surface area (Å²) in [6, 6.07) is 7.08. The van der Waals surface area contributed by atoms with Gasteiger partial charge in [0.05, 0.1) is 17.7 Å². The minimum absolute atomic E-state index is 0.156. The Morgan fingerprint density at radius 1 is 1.10 bits per heavy atom. The topological polar surface area (TPSA) is 49.4 Å². The monoisotopic (exact) mass is 284 g/mol. The SMILES string of the molecule is CCC(CN1C(=O)c2ccccc2C1=O)=C1CCNCC1. The summed E-state index contributed by atoms with van der Waals surface area (Å²) >= 11 is 0. The van der Waals surface area contributed by atoms with Crippen LogP contribution in [0, 0.1) is 0 Å². The number of piperidine rings is 1. The number of carbonyl (C=O) groups is 2. The van der Waals surface area contributed by atoms with E-state index in [-0.39, 0.29) is 11.8 Å². The molecule has 0 radical (unpaired) electrons. The van der Waals surface area contributed by atoms with E-state index in [1.165, 1.54) is 16.0 Å². The Hall–Kier alpha value is -1.94. The molecule has 4 heteroatoms. The van der Waals surface area contributed by atoms with E-state index >= 15 is 0 Å². The van der Waals surface area contributed by atoms with Crippen LogP contribution >= 0.6 is 0 Å². The standard InChI is InChI=1S/C17H20N2O2/c1-2-12(13-7-9-18-10-8-13)11-19-16(20)14-5-3-4-6-15(14)17(19)21/h3-6,18H,2,7-11H2,1H3. The van der Waals surface area contributed by atoms with E-state index in [1.807, 2.05) is 0 Å². The molecule has 0 saturated carbocycles. The van der Waals surface area contributed by atoms with Crippen molar-refractivity contribution in [3.05, 3.63) is 46.5 Å². The molecule has 110 valence electrons. The summed E-state index contributed by atoms with van der Waals surface area (Å²) in [5, 5.41) is 3.34. The van der Waals surface area contributed by atoms with Crippen molar-refractivity contribution in [2.45, 2.75) is 26.2 Å². The van der Waals surface area contributed by atoms with Gasteiger partial charge in [-0.25, -0.2) is 0 Å². The fourth-order valence-electron chi connectivity index (χ4n) is 3.13. The molecule has 1 aromatic carbocycles. The molecule has 0 unspecified atom stereocenters. The summed E-state index contributed by atoms with van der Waals surface area (Å²) in [6.45, 7) is 4.52. The molecule has 0 atom stereocenters. The number of nitrogens with one attached hydrogen (secondary N) is 1. The third kappa shape index (κ3) is 2.51. The third-order valence-electron chi connectivity index (χ3n) is 4.36. The Kier molecular flexibility index (Phi) is 3.88. The van der Waals surface area contributed by atoms with Crippen molar-refractivity contribution >= 4 is 11.8 Å². The summed E-state index contributed by atoms with van der Waals surface area (Å²) < 4.78 is 0. The molecule has 2 amide bonds. The van der Waals surface area contributed by atoms with Gasteiger partial charge in [-0.2, -0.15) is 0 Å².